The second-order valence-corrected chi connectivity index (χ2v) is 6.04. The average molecular weight is 211 g/mol. The van der Waals surface area contributed by atoms with Crippen LogP contribution in [0.25, 0.3) is 0 Å². The van der Waals surface area contributed by atoms with Gasteiger partial charge in [-0.2, -0.15) is 0 Å². The molecule has 15 heavy (non-hydrogen) atoms. The second-order valence-electron chi connectivity index (χ2n) is 6.04. The Hall–Kier alpha value is -0.570. The van der Waals surface area contributed by atoms with Crippen molar-refractivity contribution < 1.29 is 9.53 Å². The summed E-state index contributed by atoms with van der Waals surface area (Å²) in [6.07, 6.45) is 2.24. The molecule has 0 N–H and O–H groups in total. The number of hydrogen-bond acceptors (Lipinski definition) is 2. The summed E-state index contributed by atoms with van der Waals surface area (Å²) in [6, 6.07) is 0. The summed E-state index contributed by atoms with van der Waals surface area (Å²) >= 11 is 0. The molecule has 0 atom stereocenters. The lowest BCUT2D eigenvalue weighted by Crippen LogP contribution is -2.53. The van der Waals surface area contributed by atoms with Crippen LogP contribution in [-0.4, -0.2) is 37.1 Å². The molecule has 2 fully saturated rings. The van der Waals surface area contributed by atoms with Crippen LogP contribution in [0.1, 0.15) is 33.6 Å². The Bertz CT molecular complexity index is 253. The van der Waals surface area contributed by atoms with Crippen LogP contribution in [0.15, 0.2) is 0 Å². The van der Waals surface area contributed by atoms with E-state index in [0.717, 1.165) is 39.1 Å². The van der Waals surface area contributed by atoms with Gasteiger partial charge in [-0.05, 0) is 12.8 Å². The molecular weight excluding hydrogens is 190 g/mol. The predicted molar refractivity (Wildman–Crippen MR) is 58.5 cm³/mol. The summed E-state index contributed by atoms with van der Waals surface area (Å²) in [4.78, 5) is 14.0. The van der Waals surface area contributed by atoms with E-state index in [0.29, 0.717) is 5.41 Å². The molecule has 0 aromatic heterocycles. The fourth-order valence-corrected chi connectivity index (χ4v) is 2.34. The van der Waals surface area contributed by atoms with Crippen LogP contribution in [-0.2, 0) is 9.53 Å². The molecule has 0 radical (unpaired) electrons. The van der Waals surface area contributed by atoms with Crippen molar-refractivity contribution in [1.29, 1.82) is 0 Å². The van der Waals surface area contributed by atoms with Gasteiger partial charge in [-0.1, -0.05) is 20.8 Å². The van der Waals surface area contributed by atoms with Crippen LogP contribution in [0.2, 0.25) is 0 Å². The number of rotatable bonds is 0. The molecule has 0 unspecified atom stereocenters. The fourth-order valence-electron chi connectivity index (χ4n) is 2.34. The van der Waals surface area contributed by atoms with Crippen molar-refractivity contribution in [3.8, 4) is 0 Å². The van der Waals surface area contributed by atoms with Crippen LogP contribution >= 0.6 is 0 Å². The van der Waals surface area contributed by atoms with Crippen LogP contribution in [0.4, 0.5) is 0 Å². The molecule has 0 bridgehead atoms. The van der Waals surface area contributed by atoms with E-state index in [1.165, 1.54) is 0 Å². The Kier molecular flexibility index (Phi) is 2.53. The van der Waals surface area contributed by atoms with Gasteiger partial charge in [0.2, 0.25) is 5.91 Å². The Morgan fingerprint density at radius 1 is 1.20 bits per heavy atom. The third-order valence-corrected chi connectivity index (χ3v) is 3.57. The first kappa shape index (κ1) is 10.9. The Morgan fingerprint density at radius 2 is 1.73 bits per heavy atom. The van der Waals surface area contributed by atoms with Gasteiger partial charge in [0.25, 0.3) is 0 Å². The maximum Gasteiger partial charge on any atom is 0.227 e. The first-order valence-electron chi connectivity index (χ1n) is 5.80. The fraction of sp³-hybridized carbons (Fsp3) is 0.917. The standard InChI is InChI=1S/C12H21NO2/c1-11(2,3)10(14)13-6-4-12(5-7-13)8-15-9-12/h4-9H2,1-3H3. The minimum atomic E-state index is -0.235. The molecule has 0 aromatic rings. The van der Waals surface area contributed by atoms with Crippen LogP contribution in [0.5, 0.6) is 0 Å². The van der Waals surface area contributed by atoms with E-state index in [1.807, 2.05) is 25.7 Å². The number of carbonyl (C=O) groups is 1. The van der Waals surface area contributed by atoms with Crippen molar-refractivity contribution in [2.75, 3.05) is 26.3 Å². The average Bonchev–Trinajstić information content (AvgIpc) is 2.13. The Morgan fingerprint density at radius 3 is 2.07 bits per heavy atom. The van der Waals surface area contributed by atoms with Gasteiger partial charge in [-0.15, -0.1) is 0 Å². The molecule has 0 saturated carbocycles. The second kappa shape index (κ2) is 3.48. The summed E-state index contributed by atoms with van der Waals surface area (Å²) in [5.41, 5.74) is 0.190. The van der Waals surface area contributed by atoms with Gasteiger partial charge in [-0.25, -0.2) is 0 Å². The third kappa shape index (κ3) is 2.03. The number of piperidine rings is 1. The van der Waals surface area contributed by atoms with Crippen LogP contribution < -0.4 is 0 Å². The molecule has 2 rings (SSSR count). The highest BCUT2D eigenvalue weighted by molar-refractivity contribution is 5.81. The molecule has 3 nitrogen and oxygen atoms in total. The van der Waals surface area contributed by atoms with E-state index in [1.54, 1.807) is 0 Å². The number of nitrogens with zero attached hydrogens (tertiary/aromatic N) is 1. The monoisotopic (exact) mass is 211 g/mol. The lowest BCUT2D eigenvalue weighted by molar-refractivity contribution is -0.158. The SMILES string of the molecule is CC(C)(C)C(=O)N1CCC2(CC1)COC2. The first-order valence-corrected chi connectivity index (χ1v) is 5.80. The van der Waals surface area contributed by atoms with E-state index >= 15 is 0 Å². The van der Waals surface area contributed by atoms with Crippen molar-refractivity contribution in [2.24, 2.45) is 10.8 Å². The zero-order valence-electron chi connectivity index (χ0n) is 10.0. The Labute approximate surface area is 91.8 Å². The van der Waals surface area contributed by atoms with Gasteiger partial charge in [0.1, 0.15) is 0 Å². The summed E-state index contributed by atoms with van der Waals surface area (Å²) in [5.74, 6) is 0.289. The summed E-state index contributed by atoms with van der Waals surface area (Å²) in [5, 5.41) is 0. The van der Waals surface area contributed by atoms with Gasteiger partial charge in [-0.3, -0.25) is 4.79 Å². The van der Waals surface area contributed by atoms with Gasteiger partial charge < -0.3 is 9.64 Å². The minimum absolute atomic E-state index is 0.235. The lowest BCUT2D eigenvalue weighted by atomic mass is 9.76. The molecule has 2 aliphatic rings. The molecule has 0 aliphatic carbocycles. The molecule has 0 aromatic carbocycles. The van der Waals surface area contributed by atoms with E-state index in [-0.39, 0.29) is 11.3 Å². The summed E-state index contributed by atoms with van der Waals surface area (Å²) < 4.78 is 5.28. The molecule has 86 valence electrons. The topological polar surface area (TPSA) is 29.5 Å². The molecule has 2 aliphatic heterocycles. The highest BCUT2D eigenvalue weighted by Gasteiger charge is 2.43. The van der Waals surface area contributed by atoms with Crippen molar-refractivity contribution in [2.45, 2.75) is 33.6 Å². The van der Waals surface area contributed by atoms with E-state index in [4.69, 9.17) is 4.74 Å². The zero-order chi connectivity index (χ0) is 11.1. The smallest absolute Gasteiger partial charge is 0.227 e. The highest BCUT2D eigenvalue weighted by atomic mass is 16.5. The normalized spacial score (nSPS) is 25.1. The number of hydrogen-bond donors (Lipinski definition) is 0. The van der Waals surface area contributed by atoms with Crippen LogP contribution in [0.3, 0.4) is 0 Å². The van der Waals surface area contributed by atoms with E-state index in [9.17, 15) is 4.79 Å². The number of amides is 1. The van der Waals surface area contributed by atoms with E-state index in [2.05, 4.69) is 0 Å². The maximum atomic E-state index is 12.0. The Balaban J connectivity index is 1.90. The third-order valence-electron chi connectivity index (χ3n) is 3.57. The van der Waals surface area contributed by atoms with Gasteiger partial charge >= 0.3 is 0 Å². The van der Waals surface area contributed by atoms with Crippen molar-refractivity contribution in [1.82, 2.24) is 4.90 Å². The molecule has 2 saturated heterocycles. The van der Waals surface area contributed by atoms with E-state index < -0.39 is 0 Å². The number of likely N-dealkylation sites (tertiary alicyclic amines) is 1. The van der Waals surface area contributed by atoms with Crippen LogP contribution in [0, 0.1) is 10.8 Å². The van der Waals surface area contributed by atoms with Gasteiger partial charge in [0.05, 0.1) is 13.2 Å². The molecule has 3 heteroatoms. The number of carbonyl (C=O) groups excluding carboxylic acids is 1. The molecule has 2 heterocycles. The molecule has 1 spiro atoms. The lowest BCUT2D eigenvalue weighted by Gasteiger charge is -2.48. The zero-order valence-corrected chi connectivity index (χ0v) is 10.0. The van der Waals surface area contributed by atoms with Gasteiger partial charge in [0.15, 0.2) is 0 Å². The minimum Gasteiger partial charge on any atom is -0.380 e. The largest absolute Gasteiger partial charge is 0.380 e. The first-order chi connectivity index (χ1) is 6.93. The maximum absolute atomic E-state index is 12.0. The molecule has 1 amide bonds. The predicted octanol–water partition coefficient (Wildman–Crippen LogP) is 1.67. The molecular formula is C12H21NO2. The van der Waals surface area contributed by atoms with Crippen molar-refractivity contribution >= 4 is 5.91 Å². The van der Waals surface area contributed by atoms with Gasteiger partial charge in [0, 0.05) is 23.9 Å². The summed E-state index contributed by atoms with van der Waals surface area (Å²) in [7, 11) is 0. The number of ether oxygens (including phenoxy) is 1. The van der Waals surface area contributed by atoms with Crippen molar-refractivity contribution in [3.63, 3.8) is 0 Å². The quantitative estimate of drug-likeness (QED) is 0.610. The van der Waals surface area contributed by atoms with Crippen molar-refractivity contribution in [3.05, 3.63) is 0 Å². The highest BCUT2D eigenvalue weighted by Crippen LogP contribution is 2.39. The summed E-state index contributed by atoms with van der Waals surface area (Å²) in [6.45, 7) is 9.62.